The van der Waals surface area contributed by atoms with Crippen LogP contribution in [0.4, 0.5) is 0 Å². The van der Waals surface area contributed by atoms with Crippen molar-refractivity contribution in [1.29, 1.82) is 0 Å². The van der Waals surface area contributed by atoms with E-state index in [2.05, 4.69) is 0 Å². The summed E-state index contributed by atoms with van der Waals surface area (Å²) in [6, 6.07) is 0. The molecular formula is C35H48O15. The van der Waals surface area contributed by atoms with Crippen molar-refractivity contribution in [1.82, 2.24) is 0 Å². The molecule has 3 aliphatic heterocycles. The average molecular weight is 709 g/mol. The van der Waals surface area contributed by atoms with Gasteiger partial charge in [-0.1, -0.05) is 6.92 Å². The second kappa shape index (κ2) is 12.2. The molecule has 4 aliphatic carbocycles. The van der Waals surface area contributed by atoms with Crippen LogP contribution in [-0.2, 0) is 52.3 Å². The summed E-state index contributed by atoms with van der Waals surface area (Å²) in [5.41, 5.74) is -3.68. The lowest BCUT2D eigenvalue weighted by Gasteiger charge is -2.65. The molecule has 1 spiro atoms. The van der Waals surface area contributed by atoms with Gasteiger partial charge in [0, 0.05) is 51.0 Å². The van der Waals surface area contributed by atoms with E-state index in [1.165, 1.54) is 26.8 Å². The molecule has 15 nitrogen and oxygen atoms in total. The molecule has 278 valence electrons. The van der Waals surface area contributed by atoms with Crippen LogP contribution in [0.15, 0.2) is 11.6 Å². The van der Waals surface area contributed by atoms with Gasteiger partial charge in [-0.05, 0) is 50.0 Å². The van der Waals surface area contributed by atoms with Crippen LogP contribution in [0.3, 0.4) is 0 Å². The molecule has 0 bridgehead atoms. The standard InChI is InChI=1S/C35H48O15/c1-15-28(46-16(2)37)29(47-17(3)38)30(48-18(4)39)31(45-15)49-20-9-24(41)33(14-36)27-22(10-25-35(33,11-20)50-25)34(43)7-6-21(19-8-26(42)44-13-19)32(34,5)12-23(27)40/h8,15,20-25,27-31,36,40-41,43H,6-7,9-14H2,1-5H3/t15-,20-,21+,22+,23+,24+,25+,27+,28-,29+,30+,31-,32+,33+,34-,35+/m0/s1. The lowest BCUT2D eigenvalue weighted by Crippen LogP contribution is -2.73. The zero-order chi connectivity index (χ0) is 36.1. The minimum absolute atomic E-state index is 0.0222. The number of esters is 4. The summed E-state index contributed by atoms with van der Waals surface area (Å²) in [5, 5.41) is 48.0. The summed E-state index contributed by atoms with van der Waals surface area (Å²) in [4.78, 5) is 48.2. The van der Waals surface area contributed by atoms with E-state index in [-0.39, 0.29) is 31.8 Å². The Morgan fingerprint density at radius 3 is 2.26 bits per heavy atom. The molecule has 0 aromatic heterocycles. The Morgan fingerprint density at radius 2 is 1.64 bits per heavy atom. The highest BCUT2D eigenvalue weighted by atomic mass is 16.7. The van der Waals surface area contributed by atoms with Gasteiger partial charge in [0.2, 0.25) is 0 Å². The first-order chi connectivity index (χ1) is 23.5. The van der Waals surface area contributed by atoms with E-state index in [1.54, 1.807) is 6.92 Å². The van der Waals surface area contributed by atoms with Crippen molar-refractivity contribution in [3.05, 3.63) is 11.6 Å². The minimum atomic E-state index is -1.34. The van der Waals surface area contributed by atoms with Crippen LogP contribution >= 0.6 is 0 Å². The summed E-state index contributed by atoms with van der Waals surface area (Å²) in [5.74, 6) is -3.91. The van der Waals surface area contributed by atoms with Gasteiger partial charge in [0.05, 0.1) is 48.1 Å². The third kappa shape index (κ3) is 5.09. The quantitative estimate of drug-likeness (QED) is 0.120. The van der Waals surface area contributed by atoms with Crippen LogP contribution in [0.25, 0.3) is 0 Å². The molecule has 4 saturated carbocycles. The Morgan fingerprint density at radius 1 is 0.980 bits per heavy atom. The number of rotatable bonds is 7. The Kier molecular flexibility index (Phi) is 8.72. The zero-order valence-corrected chi connectivity index (χ0v) is 28.9. The van der Waals surface area contributed by atoms with Crippen LogP contribution in [-0.4, -0.2) is 124 Å². The van der Waals surface area contributed by atoms with Gasteiger partial charge >= 0.3 is 23.9 Å². The first-order valence-corrected chi connectivity index (χ1v) is 17.6. The number of hydrogen-bond acceptors (Lipinski definition) is 15. The Hall–Kier alpha value is -2.66. The number of carbonyl (C=O) groups excluding carboxylic acids is 4. The van der Waals surface area contributed by atoms with E-state index < -0.39 is 119 Å². The molecule has 0 amide bonds. The summed E-state index contributed by atoms with van der Waals surface area (Å²) in [6.07, 6.45) is -6.11. The van der Waals surface area contributed by atoms with Crippen LogP contribution in [0.1, 0.15) is 73.1 Å². The number of ether oxygens (including phenoxy) is 7. The van der Waals surface area contributed by atoms with Gasteiger partial charge in [0.25, 0.3) is 0 Å². The minimum Gasteiger partial charge on any atom is -0.458 e. The summed E-state index contributed by atoms with van der Waals surface area (Å²) in [6.45, 7) is 6.73. The fraction of sp³-hybridized carbons (Fsp3) is 0.829. The molecule has 6 fully saturated rings. The number of aliphatic hydroxyl groups is 4. The SMILES string of the molecule is CC(=O)O[C@@H]1[C@@H](OC(C)=O)[C@H](C)O[C@@H](O[C@H]2C[C@@H](O)[C@]3(CO)[C@H]4[C@H](O)C[C@]5(C)[C@@H](C6=CC(=O)OC6)CC[C@]5(O)[C@@H]4C[C@H]4O[C@]43C2)[C@@H]1OC(C)=O. The maximum atomic E-state index is 12.6. The lowest BCUT2D eigenvalue weighted by molar-refractivity contribution is -0.322. The van der Waals surface area contributed by atoms with Gasteiger partial charge in [0.1, 0.15) is 12.2 Å². The van der Waals surface area contributed by atoms with Gasteiger partial charge < -0.3 is 53.6 Å². The van der Waals surface area contributed by atoms with Gasteiger partial charge in [-0.3, -0.25) is 14.4 Å². The van der Waals surface area contributed by atoms with Crippen molar-refractivity contribution in [2.45, 2.75) is 139 Å². The van der Waals surface area contributed by atoms with E-state index in [1.807, 2.05) is 6.92 Å². The third-order valence-corrected chi connectivity index (χ3v) is 13.3. The molecule has 50 heavy (non-hydrogen) atoms. The molecule has 3 heterocycles. The van der Waals surface area contributed by atoms with Crippen LogP contribution in [0.5, 0.6) is 0 Å². The van der Waals surface area contributed by atoms with Gasteiger partial charge in [0.15, 0.2) is 24.6 Å². The van der Waals surface area contributed by atoms with E-state index >= 15 is 0 Å². The molecule has 0 radical (unpaired) electrons. The van der Waals surface area contributed by atoms with E-state index in [4.69, 9.17) is 33.2 Å². The van der Waals surface area contributed by atoms with Crippen molar-refractivity contribution < 1.29 is 72.8 Å². The first kappa shape index (κ1) is 35.7. The fourth-order valence-corrected chi connectivity index (χ4v) is 11.4. The van der Waals surface area contributed by atoms with Gasteiger partial charge in [-0.15, -0.1) is 0 Å². The molecular weight excluding hydrogens is 660 g/mol. The molecule has 2 saturated heterocycles. The Bertz CT molecular complexity index is 1460. The van der Waals surface area contributed by atoms with Crippen molar-refractivity contribution in [3.8, 4) is 0 Å². The summed E-state index contributed by atoms with van der Waals surface area (Å²) in [7, 11) is 0. The van der Waals surface area contributed by atoms with Crippen molar-refractivity contribution >= 4 is 23.9 Å². The number of fused-ring (bicyclic) bond motifs is 4. The highest BCUT2D eigenvalue weighted by molar-refractivity contribution is 5.85. The highest BCUT2D eigenvalue weighted by Crippen LogP contribution is 2.75. The van der Waals surface area contributed by atoms with Crippen LogP contribution < -0.4 is 0 Å². The third-order valence-electron chi connectivity index (χ3n) is 13.3. The Labute approximate surface area is 289 Å². The maximum Gasteiger partial charge on any atom is 0.331 e. The highest BCUT2D eigenvalue weighted by Gasteiger charge is 2.83. The number of epoxide rings is 1. The van der Waals surface area contributed by atoms with Crippen LogP contribution in [0, 0.1) is 28.6 Å². The molecule has 7 rings (SSSR count). The first-order valence-electron chi connectivity index (χ1n) is 17.6. The lowest BCUT2D eigenvalue weighted by atomic mass is 9.41. The number of carbonyl (C=O) groups is 4. The smallest absolute Gasteiger partial charge is 0.331 e. The van der Waals surface area contributed by atoms with Gasteiger partial charge in [-0.2, -0.15) is 0 Å². The molecule has 7 aliphatic rings. The van der Waals surface area contributed by atoms with Crippen molar-refractivity contribution in [3.63, 3.8) is 0 Å². The molecule has 16 atom stereocenters. The molecule has 0 unspecified atom stereocenters. The second-order valence-electron chi connectivity index (χ2n) is 15.7. The summed E-state index contributed by atoms with van der Waals surface area (Å²) >= 11 is 0. The molecule has 15 heteroatoms. The number of hydrogen-bond donors (Lipinski definition) is 4. The molecule has 0 aromatic carbocycles. The van der Waals surface area contributed by atoms with E-state index in [9.17, 15) is 39.6 Å². The predicted molar refractivity (Wildman–Crippen MR) is 165 cm³/mol. The summed E-state index contributed by atoms with van der Waals surface area (Å²) < 4.78 is 40.6. The van der Waals surface area contributed by atoms with Crippen molar-refractivity contribution in [2.75, 3.05) is 13.2 Å². The van der Waals surface area contributed by atoms with Crippen molar-refractivity contribution in [2.24, 2.45) is 28.6 Å². The number of aliphatic hydroxyl groups excluding tert-OH is 3. The number of cyclic esters (lactones) is 1. The van der Waals surface area contributed by atoms with E-state index in [0.717, 1.165) is 5.57 Å². The monoisotopic (exact) mass is 708 g/mol. The average Bonchev–Trinajstić information content (AvgIpc) is 3.44. The fourth-order valence-electron chi connectivity index (χ4n) is 11.4. The van der Waals surface area contributed by atoms with Crippen LogP contribution in [0.2, 0.25) is 0 Å². The van der Waals surface area contributed by atoms with Gasteiger partial charge in [-0.25, -0.2) is 4.79 Å². The molecule has 4 N–H and O–H groups in total. The Balaban J connectivity index is 1.16. The topological polar surface area (TPSA) is 217 Å². The second-order valence-corrected chi connectivity index (χ2v) is 15.7. The normalized spacial score (nSPS) is 50.4. The largest absolute Gasteiger partial charge is 0.458 e. The predicted octanol–water partition coefficient (Wildman–Crippen LogP) is 0.214. The maximum absolute atomic E-state index is 12.6. The molecule has 0 aromatic rings. The zero-order valence-electron chi connectivity index (χ0n) is 28.9. The van der Waals surface area contributed by atoms with E-state index in [0.29, 0.717) is 19.3 Å².